The van der Waals surface area contributed by atoms with Crippen LogP contribution in [0.25, 0.3) is 21.0 Å². The number of aromatic nitrogens is 1. The molecule has 0 aliphatic carbocycles. The molecule has 0 saturated carbocycles. The van der Waals surface area contributed by atoms with Crippen LogP contribution < -0.4 is 4.74 Å². The lowest BCUT2D eigenvalue weighted by Crippen LogP contribution is -2.04. The number of ether oxygens (including phenoxy) is 3. The van der Waals surface area contributed by atoms with Crippen LogP contribution in [-0.2, 0) is 15.9 Å². The zero-order valence-corrected chi connectivity index (χ0v) is 18.4. The molecule has 2 heterocycles. The van der Waals surface area contributed by atoms with Crippen molar-refractivity contribution in [3.8, 4) is 26.8 Å². The van der Waals surface area contributed by atoms with Gasteiger partial charge in [-0.2, -0.15) is 0 Å². The van der Waals surface area contributed by atoms with Crippen LogP contribution in [0.4, 0.5) is 0 Å². The largest absolute Gasteiger partial charge is 0.491 e. The van der Waals surface area contributed by atoms with Gasteiger partial charge in [-0.05, 0) is 68.1 Å². The fraction of sp³-hybridized carbons (Fsp3) is 0.320. The molecule has 3 aromatic rings. The smallest absolute Gasteiger partial charge is 0.266 e. The zero-order chi connectivity index (χ0) is 20.9. The van der Waals surface area contributed by atoms with E-state index in [4.69, 9.17) is 19.2 Å². The molecule has 0 atom stereocenters. The summed E-state index contributed by atoms with van der Waals surface area (Å²) in [6, 6.07) is 14.6. The van der Waals surface area contributed by atoms with Gasteiger partial charge in [0.05, 0.1) is 11.0 Å². The third-order valence-electron chi connectivity index (χ3n) is 4.91. The van der Waals surface area contributed by atoms with E-state index < -0.39 is 0 Å². The molecule has 1 aromatic heterocycles. The van der Waals surface area contributed by atoms with Crippen molar-refractivity contribution in [1.29, 1.82) is 0 Å². The van der Waals surface area contributed by atoms with Crippen LogP contribution in [0.3, 0.4) is 0 Å². The monoisotopic (exact) mass is 421 g/mol. The first-order valence-electron chi connectivity index (χ1n) is 10.5. The molecule has 0 fully saturated rings. The second-order valence-corrected chi connectivity index (χ2v) is 8.65. The Morgan fingerprint density at radius 2 is 1.83 bits per heavy atom. The van der Waals surface area contributed by atoms with E-state index in [0.717, 1.165) is 46.0 Å². The summed E-state index contributed by atoms with van der Waals surface area (Å²) in [6.07, 6.45) is 8.26. The van der Waals surface area contributed by atoms with Gasteiger partial charge in [-0.3, -0.25) is 0 Å². The Morgan fingerprint density at radius 1 is 1.07 bits per heavy atom. The molecule has 1 aliphatic heterocycles. The summed E-state index contributed by atoms with van der Waals surface area (Å²) in [7, 11) is 0. The van der Waals surface area contributed by atoms with Crippen molar-refractivity contribution in [2.24, 2.45) is 0 Å². The van der Waals surface area contributed by atoms with Crippen LogP contribution >= 0.6 is 11.3 Å². The molecule has 30 heavy (non-hydrogen) atoms. The van der Waals surface area contributed by atoms with Crippen LogP contribution in [0.1, 0.15) is 51.0 Å². The van der Waals surface area contributed by atoms with Gasteiger partial charge in [-0.1, -0.05) is 25.5 Å². The molecule has 0 spiro atoms. The number of nitrogens with zero attached hydrogens (tertiary/aromatic N) is 1. The average molecular weight is 422 g/mol. The average Bonchev–Trinajstić information content (AvgIpc) is 3.44. The summed E-state index contributed by atoms with van der Waals surface area (Å²) in [5, 5.41) is 1.04. The first-order chi connectivity index (χ1) is 14.6. The summed E-state index contributed by atoms with van der Waals surface area (Å²) >= 11 is 1.72. The van der Waals surface area contributed by atoms with E-state index in [0.29, 0.717) is 0 Å². The summed E-state index contributed by atoms with van der Waals surface area (Å²) in [5.41, 5.74) is 4.66. The molecule has 1 aliphatic rings. The predicted molar refractivity (Wildman–Crippen MR) is 121 cm³/mol. The molecule has 0 unspecified atom stereocenters. The van der Waals surface area contributed by atoms with E-state index in [9.17, 15) is 0 Å². The molecule has 156 valence electrons. The number of hydrogen-bond acceptors (Lipinski definition) is 5. The summed E-state index contributed by atoms with van der Waals surface area (Å²) < 4.78 is 16.8. The predicted octanol–water partition coefficient (Wildman–Crippen LogP) is 7.12. The summed E-state index contributed by atoms with van der Waals surface area (Å²) in [5.74, 6) is 0.891. The third-order valence-corrected chi connectivity index (χ3v) is 5.99. The molecule has 5 heteroatoms. The number of rotatable bonds is 8. The Kier molecular flexibility index (Phi) is 6.38. The van der Waals surface area contributed by atoms with Crippen molar-refractivity contribution in [1.82, 2.24) is 4.98 Å². The van der Waals surface area contributed by atoms with Crippen molar-refractivity contribution in [2.45, 2.75) is 52.4 Å². The second-order valence-electron chi connectivity index (χ2n) is 7.62. The number of aryl methyl sites for hydroxylation is 1. The normalized spacial score (nSPS) is 13.5. The fourth-order valence-corrected chi connectivity index (χ4v) is 4.42. The SMILES string of the molecule is CCCCc1cc(C2OC=CO2)ccc1-c1ncc(-c2ccc(OC(C)C)cc2)s1. The van der Waals surface area contributed by atoms with Gasteiger partial charge in [0.15, 0.2) is 0 Å². The molecule has 0 saturated heterocycles. The third kappa shape index (κ3) is 4.68. The number of benzene rings is 2. The van der Waals surface area contributed by atoms with Gasteiger partial charge >= 0.3 is 0 Å². The van der Waals surface area contributed by atoms with Crippen molar-refractivity contribution in [3.63, 3.8) is 0 Å². The van der Waals surface area contributed by atoms with E-state index in [1.807, 2.05) is 32.2 Å². The van der Waals surface area contributed by atoms with Crippen LogP contribution in [0.5, 0.6) is 5.75 Å². The quantitative estimate of drug-likeness (QED) is 0.388. The van der Waals surface area contributed by atoms with Crippen LogP contribution in [-0.4, -0.2) is 11.1 Å². The molecule has 0 N–H and O–H groups in total. The van der Waals surface area contributed by atoms with Crippen molar-refractivity contribution < 1.29 is 14.2 Å². The van der Waals surface area contributed by atoms with E-state index in [2.05, 4.69) is 37.3 Å². The topological polar surface area (TPSA) is 40.6 Å². The van der Waals surface area contributed by atoms with E-state index >= 15 is 0 Å². The fourth-order valence-electron chi connectivity index (χ4n) is 3.44. The maximum Gasteiger partial charge on any atom is 0.266 e. The highest BCUT2D eigenvalue weighted by Gasteiger charge is 2.18. The van der Waals surface area contributed by atoms with E-state index in [1.165, 1.54) is 11.1 Å². The lowest BCUT2D eigenvalue weighted by Gasteiger charge is -2.14. The molecule has 4 rings (SSSR count). The van der Waals surface area contributed by atoms with Crippen LogP contribution in [0.2, 0.25) is 0 Å². The highest BCUT2D eigenvalue weighted by molar-refractivity contribution is 7.18. The maximum atomic E-state index is 5.75. The van der Waals surface area contributed by atoms with Crippen LogP contribution in [0.15, 0.2) is 61.2 Å². The summed E-state index contributed by atoms with van der Waals surface area (Å²) in [4.78, 5) is 5.89. The lowest BCUT2D eigenvalue weighted by atomic mass is 9.99. The van der Waals surface area contributed by atoms with Gasteiger partial charge in [-0.15, -0.1) is 11.3 Å². The molecule has 0 amide bonds. The number of hydrogen-bond donors (Lipinski definition) is 0. The molecule has 2 aromatic carbocycles. The first-order valence-corrected chi connectivity index (χ1v) is 11.3. The Balaban J connectivity index is 1.59. The zero-order valence-electron chi connectivity index (χ0n) is 17.6. The molecule has 0 bridgehead atoms. The first kappa shape index (κ1) is 20.5. The van der Waals surface area contributed by atoms with Gasteiger partial charge in [0.2, 0.25) is 0 Å². The standard InChI is InChI=1S/C25H27NO3S/c1-4-5-6-19-15-20(25-27-13-14-28-25)9-12-22(19)24-26-16-23(30-24)18-7-10-21(11-8-18)29-17(2)3/h7-17,25H,4-6H2,1-3H3. The molecule has 4 nitrogen and oxygen atoms in total. The van der Waals surface area contributed by atoms with Gasteiger partial charge < -0.3 is 14.2 Å². The van der Waals surface area contributed by atoms with Gasteiger partial charge in [0.25, 0.3) is 6.29 Å². The number of thiazole rings is 1. The molecular weight excluding hydrogens is 394 g/mol. The van der Waals surface area contributed by atoms with Crippen molar-refractivity contribution >= 4 is 11.3 Å². The maximum absolute atomic E-state index is 5.75. The minimum absolute atomic E-state index is 0.172. The van der Waals surface area contributed by atoms with E-state index in [-0.39, 0.29) is 12.4 Å². The molecule has 0 radical (unpaired) electrons. The second kappa shape index (κ2) is 9.35. The summed E-state index contributed by atoms with van der Waals surface area (Å²) in [6.45, 7) is 6.28. The Hall–Kier alpha value is -2.79. The highest BCUT2D eigenvalue weighted by atomic mass is 32.1. The van der Waals surface area contributed by atoms with E-state index in [1.54, 1.807) is 23.9 Å². The van der Waals surface area contributed by atoms with Gasteiger partial charge in [0, 0.05) is 17.3 Å². The Bertz CT molecular complexity index is 999. The minimum Gasteiger partial charge on any atom is -0.491 e. The highest BCUT2D eigenvalue weighted by Crippen LogP contribution is 2.36. The Morgan fingerprint density at radius 3 is 2.53 bits per heavy atom. The van der Waals surface area contributed by atoms with Crippen LogP contribution in [0, 0.1) is 0 Å². The molecular formula is C25H27NO3S. The minimum atomic E-state index is -0.349. The van der Waals surface area contributed by atoms with Gasteiger partial charge in [0.1, 0.15) is 23.3 Å². The lowest BCUT2D eigenvalue weighted by molar-refractivity contribution is -0.0246. The van der Waals surface area contributed by atoms with Gasteiger partial charge in [-0.25, -0.2) is 4.98 Å². The Labute approximate surface area is 182 Å². The number of unbranched alkanes of at least 4 members (excludes halogenated alkanes) is 1. The van der Waals surface area contributed by atoms with Crippen molar-refractivity contribution in [2.75, 3.05) is 0 Å². The van der Waals surface area contributed by atoms with Crippen molar-refractivity contribution in [3.05, 3.63) is 72.3 Å².